The SMILES string of the molecule is CC(=O)Nc1cc(NC(=O)c2cccn2C2CCN(C(=O)OC(C)(C)C)CC2)ccc1C. The minimum atomic E-state index is -0.518. The summed E-state index contributed by atoms with van der Waals surface area (Å²) in [6.07, 6.45) is 3.09. The van der Waals surface area contributed by atoms with Gasteiger partial charge in [-0.05, 0) is 70.4 Å². The summed E-state index contributed by atoms with van der Waals surface area (Å²) in [5, 5.41) is 5.70. The van der Waals surface area contributed by atoms with Crippen LogP contribution in [-0.2, 0) is 9.53 Å². The molecule has 32 heavy (non-hydrogen) atoms. The van der Waals surface area contributed by atoms with E-state index < -0.39 is 5.60 Å². The summed E-state index contributed by atoms with van der Waals surface area (Å²) in [5.41, 5.74) is 2.23. The molecule has 8 heteroatoms. The first-order valence-corrected chi connectivity index (χ1v) is 10.9. The molecule has 0 bridgehead atoms. The fourth-order valence-corrected chi connectivity index (χ4v) is 3.78. The minimum Gasteiger partial charge on any atom is -0.444 e. The number of aromatic nitrogens is 1. The Balaban J connectivity index is 1.65. The van der Waals surface area contributed by atoms with E-state index in [1.807, 2.05) is 56.7 Å². The van der Waals surface area contributed by atoms with Crippen LogP contribution >= 0.6 is 0 Å². The lowest BCUT2D eigenvalue weighted by molar-refractivity contribution is -0.114. The maximum Gasteiger partial charge on any atom is 0.410 e. The van der Waals surface area contributed by atoms with E-state index in [0.717, 1.165) is 18.4 Å². The van der Waals surface area contributed by atoms with Crippen LogP contribution in [0.1, 0.15) is 62.6 Å². The van der Waals surface area contributed by atoms with Gasteiger partial charge in [-0.15, -0.1) is 0 Å². The van der Waals surface area contributed by atoms with Crippen molar-refractivity contribution in [2.45, 2.75) is 59.1 Å². The van der Waals surface area contributed by atoms with Gasteiger partial charge in [0.05, 0.1) is 0 Å². The molecule has 8 nitrogen and oxygen atoms in total. The number of amides is 3. The van der Waals surface area contributed by atoms with Gasteiger partial charge in [-0.3, -0.25) is 9.59 Å². The highest BCUT2D eigenvalue weighted by Gasteiger charge is 2.28. The highest BCUT2D eigenvalue weighted by atomic mass is 16.6. The number of hydrogen-bond acceptors (Lipinski definition) is 4. The molecule has 2 heterocycles. The Morgan fingerprint density at radius 3 is 2.38 bits per heavy atom. The van der Waals surface area contributed by atoms with E-state index in [-0.39, 0.29) is 23.9 Å². The van der Waals surface area contributed by atoms with E-state index >= 15 is 0 Å². The lowest BCUT2D eigenvalue weighted by Crippen LogP contribution is -2.42. The van der Waals surface area contributed by atoms with Crippen molar-refractivity contribution in [2.24, 2.45) is 0 Å². The Bertz CT molecular complexity index is 998. The van der Waals surface area contributed by atoms with Gasteiger partial charge in [-0.2, -0.15) is 0 Å². The summed E-state index contributed by atoms with van der Waals surface area (Å²) in [4.78, 5) is 38.4. The topological polar surface area (TPSA) is 92.7 Å². The van der Waals surface area contributed by atoms with Crippen LogP contribution in [0.15, 0.2) is 36.5 Å². The number of nitrogens with one attached hydrogen (secondary N) is 2. The number of anilines is 2. The molecule has 1 aromatic heterocycles. The maximum atomic E-state index is 13.0. The lowest BCUT2D eigenvalue weighted by Gasteiger charge is -2.34. The first kappa shape index (κ1) is 23.4. The van der Waals surface area contributed by atoms with E-state index in [1.54, 1.807) is 17.0 Å². The monoisotopic (exact) mass is 440 g/mol. The van der Waals surface area contributed by atoms with Crippen molar-refractivity contribution in [3.05, 3.63) is 47.8 Å². The summed E-state index contributed by atoms with van der Waals surface area (Å²) in [6.45, 7) is 10.1. The third-order valence-electron chi connectivity index (χ3n) is 5.33. The van der Waals surface area contributed by atoms with Gasteiger partial charge in [0.25, 0.3) is 5.91 Å². The van der Waals surface area contributed by atoms with Gasteiger partial charge >= 0.3 is 6.09 Å². The molecule has 1 fully saturated rings. The number of carbonyl (C=O) groups excluding carboxylic acids is 3. The predicted molar refractivity (Wildman–Crippen MR) is 124 cm³/mol. The van der Waals surface area contributed by atoms with Gasteiger partial charge in [0.1, 0.15) is 11.3 Å². The zero-order valence-electron chi connectivity index (χ0n) is 19.4. The number of aryl methyl sites for hydroxylation is 1. The molecule has 0 atom stereocenters. The van der Waals surface area contributed by atoms with Crippen LogP contribution in [-0.4, -0.2) is 46.1 Å². The number of rotatable bonds is 4. The van der Waals surface area contributed by atoms with Gasteiger partial charge in [0.15, 0.2) is 0 Å². The summed E-state index contributed by atoms with van der Waals surface area (Å²) in [6, 6.07) is 9.18. The molecule has 1 saturated heterocycles. The first-order valence-electron chi connectivity index (χ1n) is 10.9. The van der Waals surface area contributed by atoms with E-state index in [2.05, 4.69) is 10.6 Å². The average Bonchev–Trinajstić information content (AvgIpc) is 3.19. The molecular weight excluding hydrogens is 408 g/mol. The van der Waals surface area contributed by atoms with Gasteiger partial charge in [-0.25, -0.2) is 4.79 Å². The van der Waals surface area contributed by atoms with Crippen LogP contribution in [0.2, 0.25) is 0 Å². The number of likely N-dealkylation sites (tertiary alicyclic amines) is 1. The molecule has 0 spiro atoms. The fourth-order valence-electron chi connectivity index (χ4n) is 3.78. The second-order valence-corrected chi connectivity index (χ2v) is 9.16. The minimum absolute atomic E-state index is 0.123. The van der Waals surface area contributed by atoms with Gasteiger partial charge < -0.3 is 24.8 Å². The van der Waals surface area contributed by atoms with Gasteiger partial charge in [0.2, 0.25) is 5.91 Å². The van der Waals surface area contributed by atoms with Crippen molar-refractivity contribution >= 4 is 29.3 Å². The lowest BCUT2D eigenvalue weighted by atomic mass is 10.0. The second-order valence-electron chi connectivity index (χ2n) is 9.16. The molecule has 0 radical (unpaired) electrons. The zero-order valence-corrected chi connectivity index (χ0v) is 19.4. The smallest absolute Gasteiger partial charge is 0.410 e. The molecule has 1 aromatic carbocycles. The van der Waals surface area contributed by atoms with Crippen molar-refractivity contribution in [1.29, 1.82) is 0 Å². The number of ether oxygens (including phenoxy) is 1. The Hall–Kier alpha value is -3.29. The molecule has 1 aliphatic rings. The van der Waals surface area contributed by atoms with E-state index in [9.17, 15) is 14.4 Å². The van der Waals surface area contributed by atoms with E-state index in [1.165, 1.54) is 6.92 Å². The molecule has 0 unspecified atom stereocenters. The molecule has 2 aromatic rings. The summed E-state index contributed by atoms with van der Waals surface area (Å²) in [7, 11) is 0. The van der Waals surface area contributed by atoms with Gasteiger partial charge in [0, 0.05) is 43.6 Å². The summed E-state index contributed by atoms with van der Waals surface area (Å²) >= 11 is 0. The Labute approximate surface area is 188 Å². The molecule has 0 saturated carbocycles. The fraction of sp³-hybridized carbons (Fsp3) is 0.458. The molecule has 1 aliphatic heterocycles. The Kier molecular flexibility index (Phi) is 6.91. The number of carbonyl (C=O) groups is 3. The van der Waals surface area contributed by atoms with Crippen molar-refractivity contribution in [2.75, 3.05) is 23.7 Å². The third kappa shape index (κ3) is 5.90. The summed E-state index contributed by atoms with van der Waals surface area (Å²) < 4.78 is 7.44. The molecule has 0 aliphatic carbocycles. The predicted octanol–water partition coefficient (Wildman–Crippen LogP) is 4.58. The second kappa shape index (κ2) is 9.46. The largest absolute Gasteiger partial charge is 0.444 e. The van der Waals surface area contributed by atoms with Crippen LogP contribution in [0, 0.1) is 6.92 Å². The molecule has 3 rings (SSSR count). The summed E-state index contributed by atoms with van der Waals surface area (Å²) in [5.74, 6) is -0.384. The number of piperidine rings is 1. The van der Waals surface area contributed by atoms with E-state index in [4.69, 9.17) is 4.74 Å². The maximum absolute atomic E-state index is 13.0. The number of nitrogens with zero attached hydrogens (tertiary/aromatic N) is 2. The van der Waals surface area contributed by atoms with Crippen LogP contribution in [0.25, 0.3) is 0 Å². The number of benzene rings is 1. The molecule has 3 amide bonds. The quantitative estimate of drug-likeness (QED) is 0.728. The first-order chi connectivity index (χ1) is 15.0. The number of hydrogen-bond donors (Lipinski definition) is 2. The van der Waals surface area contributed by atoms with Crippen molar-refractivity contribution < 1.29 is 19.1 Å². The molecular formula is C24H32N4O4. The average molecular weight is 441 g/mol. The van der Waals surface area contributed by atoms with Crippen LogP contribution < -0.4 is 10.6 Å². The zero-order chi connectivity index (χ0) is 23.5. The Morgan fingerprint density at radius 2 is 1.75 bits per heavy atom. The molecule has 172 valence electrons. The highest BCUT2D eigenvalue weighted by Crippen LogP contribution is 2.27. The van der Waals surface area contributed by atoms with Crippen LogP contribution in [0.5, 0.6) is 0 Å². The van der Waals surface area contributed by atoms with Crippen molar-refractivity contribution in [3.63, 3.8) is 0 Å². The highest BCUT2D eigenvalue weighted by molar-refractivity contribution is 6.03. The van der Waals surface area contributed by atoms with Gasteiger partial charge in [-0.1, -0.05) is 6.07 Å². The third-order valence-corrected chi connectivity index (χ3v) is 5.33. The molecule has 2 N–H and O–H groups in total. The Morgan fingerprint density at radius 1 is 1.06 bits per heavy atom. The van der Waals surface area contributed by atoms with Crippen molar-refractivity contribution in [1.82, 2.24) is 9.47 Å². The van der Waals surface area contributed by atoms with Crippen LogP contribution in [0.4, 0.5) is 16.2 Å². The van der Waals surface area contributed by atoms with E-state index in [0.29, 0.717) is 30.2 Å². The normalized spacial score (nSPS) is 14.7. The van der Waals surface area contributed by atoms with Crippen LogP contribution in [0.3, 0.4) is 0 Å². The van der Waals surface area contributed by atoms with Crippen molar-refractivity contribution in [3.8, 4) is 0 Å². The standard InChI is InChI=1S/C24H32N4O4/c1-16-8-9-18(15-20(16)25-17(2)29)26-22(30)21-7-6-12-28(21)19-10-13-27(14-11-19)23(31)32-24(3,4)5/h6-9,12,15,19H,10-11,13-14H2,1-5H3,(H,25,29)(H,26,30).